The second-order valence-electron chi connectivity index (χ2n) is 15.3. The molecule has 0 aliphatic heterocycles. The lowest BCUT2D eigenvalue weighted by Gasteiger charge is -2.21. The Morgan fingerprint density at radius 2 is 0.534 bits per heavy atom. The molecule has 0 nitrogen and oxygen atoms in total. The van der Waals surface area contributed by atoms with Gasteiger partial charge in [-0.1, -0.05) is 200 Å². The summed E-state index contributed by atoms with van der Waals surface area (Å²) in [6.07, 6.45) is 0. The van der Waals surface area contributed by atoms with Crippen molar-refractivity contribution in [3.63, 3.8) is 0 Å². The highest BCUT2D eigenvalue weighted by Crippen LogP contribution is 2.47. The van der Waals surface area contributed by atoms with Gasteiger partial charge in [0.25, 0.3) is 0 Å². The third-order valence-electron chi connectivity index (χ3n) is 11.8. The SMILES string of the molecule is c1ccc(-c2cc3ccccc3cc2-c2ccc3c(c2)c(-c2ccccc2)c(-c2ccccc2)c2cc(-c4ccc(-c5ccc6ccccc6c5)cc4)ccc23)cc1. The van der Waals surface area contributed by atoms with Crippen LogP contribution in [0.1, 0.15) is 0 Å². The molecule has 0 saturated heterocycles. The van der Waals surface area contributed by atoms with E-state index in [0.29, 0.717) is 0 Å². The van der Waals surface area contributed by atoms with Crippen molar-refractivity contribution in [2.45, 2.75) is 0 Å². The second-order valence-corrected chi connectivity index (χ2v) is 15.3. The Bertz CT molecular complexity index is 3290. The molecule has 0 aromatic heterocycles. The predicted octanol–water partition coefficient (Wildman–Crippen LogP) is 16.3. The molecular weight excluding hydrogens is 697 g/mol. The molecule has 0 bridgehead atoms. The van der Waals surface area contributed by atoms with Gasteiger partial charge in [0.05, 0.1) is 0 Å². The average molecular weight is 735 g/mol. The van der Waals surface area contributed by atoms with Crippen molar-refractivity contribution in [3.05, 3.63) is 231 Å². The van der Waals surface area contributed by atoms with Crippen molar-refractivity contribution in [2.75, 3.05) is 0 Å². The summed E-state index contributed by atoms with van der Waals surface area (Å²) < 4.78 is 0. The van der Waals surface area contributed by atoms with E-state index in [2.05, 4.69) is 231 Å². The minimum absolute atomic E-state index is 1.20. The molecular formula is C58H38. The molecule has 270 valence electrons. The Kier molecular flexibility index (Phi) is 8.26. The van der Waals surface area contributed by atoms with Gasteiger partial charge in [0.15, 0.2) is 0 Å². The van der Waals surface area contributed by atoms with Crippen molar-refractivity contribution in [3.8, 4) is 66.8 Å². The van der Waals surface area contributed by atoms with Gasteiger partial charge in [0.2, 0.25) is 0 Å². The summed E-state index contributed by atoms with van der Waals surface area (Å²) in [4.78, 5) is 0. The van der Waals surface area contributed by atoms with Crippen molar-refractivity contribution >= 4 is 43.1 Å². The molecule has 0 spiro atoms. The van der Waals surface area contributed by atoms with E-state index in [4.69, 9.17) is 0 Å². The standard InChI is InChI=1S/C58H38/c1-4-15-42(16-5-1)53-35-46-22-12-13-23-47(46)36-54(53)50-31-33-52-51-32-30-49(41-26-24-40(25-27-41)48-29-28-39-14-10-11-21-45(39)34-48)37-55(51)57(43-17-6-2-7-18-43)58(56(52)38-50)44-19-8-3-9-20-44/h1-38H. The monoisotopic (exact) mass is 734 g/mol. The molecule has 0 heteroatoms. The van der Waals surface area contributed by atoms with Gasteiger partial charge < -0.3 is 0 Å². The number of hydrogen-bond acceptors (Lipinski definition) is 0. The van der Waals surface area contributed by atoms with Crippen LogP contribution < -0.4 is 0 Å². The Balaban J connectivity index is 1.14. The molecule has 11 aromatic rings. The normalized spacial score (nSPS) is 11.4. The van der Waals surface area contributed by atoms with E-state index in [1.807, 2.05) is 0 Å². The fourth-order valence-corrected chi connectivity index (χ4v) is 8.96. The van der Waals surface area contributed by atoms with Crippen molar-refractivity contribution in [2.24, 2.45) is 0 Å². The molecule has 0 saturated carbocycles. The number of hydrogen-bond donors (Lipinski definition) is 0. The second kappa shape index (κ2) is 14.2. The molecule has 0 amide bonds. The predicted molar refractivity (Wildman–Crippen MR) is 249 cm³/mol. The zero-order valence-corrected chi connectivity index (χ0v) is 31.9. The van der Waals surface area contributed by atoms with Gasteiger partial charge in [-0.25, -0.2) is 0 Å². The van der Waals surface area contributed by atoms with Crippen LogP contribution in [0.5, 0.6) is 0 Å². The molecule has 0 unspecified atom stereocenters. The highest BCUT2D eigenvalue weighted by atomic mass is 14.2. The smallest absolute Gasteiger partial charge is 0.00201 e. The summed E-state index contributed by atoms with van der Waals surface area (Å²) >= 11 is 0. The maximum Gasteiger partial charge on any atom is -0.00201 e. The molecule has 58 heavy (non-hydrogen) atoms. The molecule has 11 aromatic carbocycles. The number of fused-ring (bicyclic) bond motifs is 5. The van der Waals surface area contributed by atoms with E-state index in [0.717, 1.165) is 0 Å². The topological polar surface area (TPSA) is 0 Å². The fourth-order valence-electron chi connectivity index (χ4n) is 8.96. The van der Waals surface area contributed by atoms with Gasteiger partial charge >= 0.3 is 0 Å². The maximum atomic E-state index is 2.44. The van der Waals surface area contributed by atoms with Crippen LogP contribution in [0.4, 0.5) is 0 Å². The minimum Gasteiger partial charge on any atom is -0.0622 e. The van der Waals surface area contributed by atoms with Gasteiger partial charge in [0.1, 0.15) is 0 Å². The van der Waals surface area contributed by atoms with Crippen LogP contribution >= 0.6 is 0 Å². The van der Waals surface area contributed by atoms with Crippen LogP contribution in [0.15, 0.2) is 231 Å². The Morgan fingerprint density at radius 1 is 0.172 bits per heavy atom. The lowest BCUT2D eigenvalue weighted by molar-refractivity contribution is 1.60. The van der Waals surface area contributed by atoms with Gasteiger partial charge in [-0.15, -0.1) is 0 Å². The lowest BCUT2D eigenvalue weighted by atomic mass is 9.82. The number of rotatable bonds is 6. The van der Waals surface area contributed by atoms with Gasteiger partial charge in [-0.3, -0.25) is 0 Å². The first-order chi connectivity index (χ1) is 28.7. The van der Waals surface area contributed by atoms with E-state index in [9.17, 15) is 0 Å². The molecule has 0 aliphatic rings. The van der Waals surface area contributed by atoms with E-state index < -0.39 is 0 Å². The van der Waals surface area contributed by atoms with Crippen LogP contribution in [0.2, 0.25) is 0 Å². The summed E-state index contributed by atoms with van der Waals surface area (Å²) in [5.41, 5.74) is 14.7. The third-order valence-corrected chi connectivity index (χ3v) is 11.8. The average Bonchev–Trinajstić information content (AvgIpc) is 3.31. The first-order valence-corrected chi connectivity index (χ1v) is 20.1. The fraction of sp³-hybridized carbons (Fsp3) is 0. The van der Waals surface area contributed by atoms with Crippen LogP contribution in [0.25, 0.3) is 110 Å². The first-order valence-electron chi connectivity index (χ1n) is 20.1. The third kappa shape index (κ3) is 5.95. The summed E-state index contributed by atoms with van der Waals surface area (Å²) in [5, 5.41) is 9.99. The van der Waals surface area contributed by atoms with Crippen LogP contribution in [0.3, 0.4) is 0 Å². The molecule has 0 heterocycles. The molecule has 0 N–H and O–H groups in total. The highest BCUT2D eigenvalue weighted by molar-refractivity contribution is 6.23. The summed E-state index contributed by atoms with van der Waals surface area (Å²) in [6, 6.07) is 84.7. The largest absolute Gasteiger partial charge is 0.0622 e. The first kappa shape index (κ1) is 33.8. The Hall–Kier alpha value is -7.54. The Labute approximate surface area is 339 Å². The van der Waals surface area contributed by atoms with Crippen LogP contribution in [-0.2, 0) is 0 Å². The highest BCUT2D eigenvalue weighted by Gasteiger charge is 2.20. The lowest BCUT2D eigenvalue weighted by Crippen LogP contribution is -1.94. The van der Waals surface area contributed by atoms with Gasteiger partial charge in [-0.05, 0) is 140 Å². The quantitative estimate of drug-likeness (QED) is 0.149. The minimum atomic E-state index is 1.20. The molecule has 0 atom stereocenters. The molecule has 0 aliphatic carbocycles. The van der Waals surface area contributed by atoms with Crippen molar-refractivity contribution in [1.82, 2.24) is 0 Å². The van der Waals surface area contributed by atoms with Crippen molar-refractivity contribution < 1.29 is 0 Å². The molecule has 11 rings (SSSR count). The van der Waals surface area contributed by atoms with Crippen molar-refractivity contribution in [1.29, 1.82) is 0 Å². The Morgan fingerprint density at radius 3 is 1.07 bits per heavy atom. The molecule has 0 fully saturated rings. The summed E-state index contributed by atoms with van der Waals surface area (Å²) in [5.74, 6) is 0. The van der Waals surface area contributed by atoms with Gasteiger partial charge in [-0.2, -0.15) is 0 Å². The van der Waals surface area contributed by atoms with Crippen LogP contribution in [-0.4, -0.2) is 0 Å². The van der Waals surface area contributed by atoms with E-state index in [1.165, 1.54) is 110 Å². The summed E-state index contributed by atoms with van der Waals surface area (Å²) in [6.45, 7) is 0. The van der Waals surface area contributed by atoms with E-state index in [1.54, 1.807) is 0 Å². The van der Waals surface area contributed by atoms with E-state index >= 15 is 0 Å². The van der Waals surface area contributed by atoms with Gasteiger partial charge in [0, 0.05) is 0 Å². The number of benzene rings is 11. The zero-order valence-electron chi connectivity index (χ0n) is 31.9. The van der Waals surface area contributed by atoms with E-state index in [-0.39, 0.29) is 0 Å². The maximum absolute atomic E-state index is 2.44. The zero-order chi connectivity index (χ0) is 38.4. The van der Waals surface area contributed by atoms with Crippen LogP contribution in [0, 0.1) is 0 Å². The summed E-state index contributed by atoms with van der Waals surface area (Å²) in [7, 11) is 0. The molecule has 0 radical (unpaired) electrons.